The van der Waals surface area contributed by atoms with Gasteiger partial charge in [-0.05, 0) is 50.1 Å². The minimum absolute atomic E-state index is 0.180. The van der Waals surface area contributed by atoms with Crippen molar-refractivity contribution in [2.24, 2.45) is 10.9 Å². The second kappa shape index (κ2) is 7.45. The molecular weight excluding hydrogens is 344 g/mol. The first-order chi connectivity index (χ1) is 12.6. The third kappa shape index (κ3) is 3.96. The van der Waals surface area contributed by atoms with Gasteiger partial charge in [-0.25, -0.2) is 4.98 Å². The molecule has 1 saturated heterocycles. The Morgan fingerprint density at radius 1 is 1.42 bits per heavy atom. The summed E-state index contributed by atoms with van der Waals surface area (Å²) in [5.41, 5.74) is 1.38. The maximum absolute atomic E-state index is 11.2. The van der Waals surface area contributed by atoms with Crippen LogP contribution in [0.3, 0.4) is 0 Å². The summed E-state index contributed by atoms with van der Waals surface area (Å²) in [7, 11) is 2.13. The molecule has 26 heavy (non-hydrogen) atoms. The fourth-order valence-electron chi connectivity index (χ4n) is 4.09. The lowest BCUT2D eigenvalue weighted by molar-refractivity contribution is -0.116. The van der Waals surface area contributed by atoms with Crippen LogP contribution in [0, 0.1) is 5.92 Å². The number of aromatic nitrogens is 1. The van der Waals surface area contributed by atoms with Crippen LogP contribution < -0.4 is 0 Å². The molecule has 3 aliphatic rings. The average Bonchev–Trinajstić information content (AvgIpc) is 3.30. The van der Waals surface area contributed by atoms with E-state index in [1.165, 1.54) is 16.9 Å². The first-order valence-electron chi connectivity index (χ1n) is 9.36. The molecule has 1 aromatic rings. The predicted molar refractivity (Wildman–Crippen MR) is 106 cm³/mol. The van der Waals surface area contributed by atoms with E-state index in [1.807, 2.05) is 6.20 Å². The number of hydrogen-bond acceptors (Lipinski definition) is 6. The zero-order chi connectivity index (χ0) is 18.1. The zero-order valence-corrected chi connectivity index (χ0v) is 16.3. The number of aliphatic imine (C=N–C) groups is 1. The highest BCUT2D eigenvalue weighted by Gasteiger charge is 2.29. The summed E-state index contributed by atoms with van der Waals surface area (Å²) in [5.74, 6) is 0.883. The Kier molecular flexibility index (Phi) is 5.05. The van der Waals surface area contributed by atoms with Crippen molar-refractivity contribution in [1.82, 2.24) is 14.8 Å². The molecule has 0 saturated carbocycles. The van der Waals surface area contributed by atoms with E-state index in [-0.39, 0.29) is 5.78 Å². The third-order valence-electron chi connectivity index (χ3n) is 5.41. The summed E-state index contributed by atoms with van der Waals surface area (Å²) in [4.78, 5) is 26.3. The van der Waals surface area contributed by atoms with Gasteiger partial charge in [0.2, 0.25) is 0 Å². The standard InChI is InChI=1S/C20H26N4OS/c1-14(25)7-20-22-11-17(26-20)13-24-6-3-15(12-24)8-16-9-19-18(21-10-16)4-5-23(19)2/h4-5,9-11,15,18-19H,3,6-8,12-13H2,1-2H3. The van der Waals surface area contributed by atoms with Crippen LogP contribution in [0.15, 0.2) is 35.1 Å². The van der Waals surface area contributed by atoms with Crippen molar-refractivity contribution < 1.29 is 4.79 Å². The summed E-state index contributed by atoms with van der Waals surface area (Å²) in [6, 6.07) is 0.712. The Morgan fingerprint density at radius 2 is 2.31 bits per heavy atom. The third-order valence-corrected chi connectivity index (χ3v) is 6.39. The van der Waals surface area contributed by atoms with Gasteiger partial charge in [-0.1, -0.05) is 6.08 Å². The second-order valence-corrected chi connectivity index (χ2v) is 8.90. The molecule has 1 fully saturated rings. The smallest absolute Gasteiger partial charge is 0.136 e. The number of allylic oxidation sites excluding steroid dienone is 1. The summed E-state index contributed by atoms with van der Waals surface area (Å²) < 4.78 is 0. The van der Waals surface area contributed by atoms with Crippen molar-refractivity contribution in [2.45, 2.75) is 44.8 Å². The highest BCUT2D eigenvalue weighted by Crippen LogP contribution is 2.29. The second-order valence-electron chi connectivity index (χ2n) is 7.70. The highest BCUT2D eigenvalue weighted by atomic mass is 32.1. The Morgan fingerprint density at radius 3 is 3.15 bits per heavy atom. The van der Waals surface area contributed by atoms with Crippen molar-refractivity contribution >= 4 is 23.3 Å². The van der Waals surface area contributed by atoms with Gasteiger partial charge in [0, 0.05) is 37.4 Å². The molecular formula is C20H26N4OS. The minimum atomic E-state index is 0.180. The van der Waals surface area contributed by atoms with Crippen LogP contribution in [0.1, 0.15) is 29.7 Å². The van der Waals surface area contributed by atoms with Crippen molar-refractivity contribution in [3.05, 3.63) is 40.0 Å². The minimum Gasteiger partial charge on any atom is -0.372 e. The van der Waals surface area contributed by atoms with Crippen molar-refractivity contribution in [1.29, 1.82) is 0 Å². The molecule has 0 spiro atoms. The van der Waals surface area contributed by atoms with Gasteiger partial charge in [0.1, 0.15) is 10.8 Å². The van der Waals surface area contributed by atoms with Gasteiger partial charge < -0.3 is 4.90 Å². The van der Waals surface area contributed by atoms with E-state index in [0.29, 0.717) is 24.4 Å². The lowest BCUT2D eigenvalue weighted by Gasteiger charge is -2.25. The fourth-order valence-corrected chi connectivity index (χ4v) is 5.13. The lowest BCUT2D eigenvalue weighted by atomic mass is 9.94. The quantitative estimate of drug-likeness (QED) is 0.772. The van der Waals surface area contributed by atoms with Gasteiger partial charge in [-0.2, -0.15) is 0 Å². The SMILES string of the molecule is CC(=O)Cc1ncc(CN2CCC(CC3=CC4C(C=CN4C)N=C3)C2)s1. The number of fused-ring (bicyclic) bond motifs is 1. The molecule has 5 nitrogen and oxygen atoms in total. The predicted octanol–water partition coefficient (Wildman–Crippen LogP) is 2.69. The molecule has 6 heteroatoms. The average molecular weight is 371 g/mol. The lowest BCUT2D eigenvalue weighted by Crippen LogP contribution is -2.32. The fraction of sp³-hybridized carbons (Fsp3) is 0.550. The normalized spacial score (nSPS) is 27.8. The zero-order valence-electron chi connectivity index (χ0n) is 15.5. The number of dihydropyridines is 1. The number of likely N-dealkylation sites (tertiary alicyclic amines) is 1. The monoisotopic (exact) mass is 370 g/mol. The van der Waals surface area contributed by atoms with E-state index in [9.17, 15) is 4.79 Å². The number of thiazole rings is 1. The van der Waals surface area contributed by atoms with Gasteiger partial charge >= 0.3 is 0 Å². The van der Waals surface area contributed by atoms with E-state index in [4.69, 9.17) is 4.99 Å². The van der Waals surface area contributed by atoms with Crippen LogP contribution in [0.4, 0.5) is 0 Å². The Hall–Kier alpha value is -1.79. The maximum Gasteiger partial charge on any atom is 0.136 e. The van der Waals surface area contributed by atoms with E-state index >= 15 is 0 Å². The number of ketones is 1. The molecule has 1 aromatic heterocycles. The largest absolute Gasteiger partial charge is 0.372 e. The van der Waals surface area contributed by atoms with E-state index in [2.05, 4.69) is 46.4 Å². The van der Waals surface area contributed by atoms with Gasteiger partial charge in [0.15, 0.2) is 0 Å². The number of carbonyl (C=O) groups is 1. The first-order valence-corrected chi connectivity index (χ1v) is 10.2. The van der Waals surface area contributed by atoms with Gasteiger partial charge in [-0.15, -0.1) is 11.3 Å². The maximum atomic E-state index is 11.2. The van der Waals surface area contributed by atoms with Crippen LogP contribution in [0.25, 0.3) is 0 Å². The molecule has 3 aliphatic heterocycles. The molecule has 4 heterocycles. The molecule has 138 valence electrons. The highest BCUT2D eigenvalue weighted by molar-refractivity contribution is 7.11. The molecule has 0 amide bonds. The summed E-state index contributed by atoms with van der Waals surface area (Å²) >= 11 is 1.68. The van der Waals surface area contributed by atoms with Crippen LogP contribution >= 0.6 is 11.3 Å². The molecule has 3 unspecified atom stereocenters. The Bertz CT molecular complexity index is 766. The van der Waals surface area contributed by atoms with Gasteiger partial charge in [-0.3, -0.25) is 14.7 Å². The van der Waals surface area contributed by atoms with E-state index in [0.717, 1.165) is 31.1 Å². The van der Waals surface area contributed by atoms with Crippen LogP contribution in [0.5, 0.6) is 0 Å². The van der Waals surface area contributed by atoms with Gasteiger partial charge in [0.25, 0.3) is 0 Å². The summed E-state index contributed by atoms with van der Waals surface area (Å²) in [5, 5.41) is 0.940. The van der Waals surface area contributed by atoms with Crippen molar-refractivity contribution in [3.8, 4) is 0 Å². The molecule has 0 aromatic carbocycles. The first kappa shape index (κ1) is 17.6. The number of carbonyl (C=O) groups excluding carboxylic acids is 1. The van der Waals surface area contributed by atoms with E-state index in [1.54, 1.807) is 18.3 Å². The molecule has 0 N–H and O–H groups in total. The van der Waals surface area contributed by atoms with Crippen molar-refractivity contribution in [2.75, 3.05) is 20.1 Å². The van der Waals surface area contributed by atoms with Crippen molar-refractivity contribution in [3.63, 3.8) is 0 Å². The number of nitrogens with zero attached hydrogens (tertiary/aromatic N) is 4. The number of Topliss-reactive ketones (excluding diaryl/α,β-unsaturated/α-hetero) is 1. The number of rotatable bonds is 6. The molecule has 0 bridgehead atoms. The molecule has 0 aliphatic carbocycles. The van der Waals surface area contributed by atoms with Crippen LogP contribution in [-0.4, -0.2) is 59.0 Å². The summed E-state index contributed by atoms with van der Waals surface area (Å²) in [6.45, 7) is 4.85. The van der Waals surface area contributed by atoms with Crippen LogP contribution in [-0.2, 0) is 17.8 Å². The van der Waals surface area contributed by atoms with Gasteiger partial charge in [0.05, 0.1) is 18.5 Å². The number of hydrogen-bond donors (Lipinski definition) is 0. The topological polar surface area (TPSA) is 48.8 Å². The molecule has 0 radical (unpaired) electrons. The Balaban J connectivity index is 1.29. The Labute approximate surface area is 159 Å². The summed E-state index contributed by atoms with van der Waals surface area (Å²) in [6.07, 6.45) is 13.6. The van der Waals surface area contributed by atoms with E-state index < -0.39 is 0 Å². The molecule has 4 rings (SSSR count). The van der Waals surface area contributed by atoms with Crippen LogP contribution in [0.2, 0.25) is 0 Å². The number of likely N-dealkylation sites (N-methyl/N-ethyl adjacent to an activating group) is 1. The molecule has 3 atom stereocenters.